The summed E-state index contributed by atoms with van der Waals surface area (Å²) in [6.45, 7) is 0. The van der Waals surface area contributed by atoms with Crippen LogP contribution in [0.5, 0.6) is 5.75 Å². The largest absolute Gasteiger partial charge is 0.497 e. The van der Waals surface area contributed by atoms with E-state index in [9.17, 15) is 19.1 Å². The van der Waals surface area contributed by atoms with Crippen molar-refractivity contribution >= 4 is 16.9 Å². The van der Waals surface area contributed by atoms with Crippen molar-refractivity contribution in [1.29, 1.82) is 0 Å². The normalized spacial score (nSPS) is 10.8. The van der Waals surface area contributed by atoms with Crippen molar-refractivity contribution in [3.63, 3.8) is 0 Å². The summed E-state index contributed by atoms with van der Waals surface area (Å²) in [5.41, 5.74) is 0.686. The van der Waals surface area contributed by atoms with Crippen LogP contribution in [0.15, 0.2) is 71.9 Å². The molecule has 6 nitrogen and oxygen atoms in total. The summed E-state index contributed by atoms with van der Waals surface area (Å²) < 4.78 is 21.5. The minimum Gasteiger partial charge on any atom is -0.497 e. The molecule has 0 spiro atoms. The lowest BCUT2D eigenvalue weighted by molar-refractivity contribution is 0.0695. The van der Waals surface area contributed by atoms with E-state index in [1.807, 2.05) is 0 Å². The van der Waals surface area contributed by atoms with Gasteiger partial charge in [-0.3, -0.25) is 9.78 Å². The second-order valence-electron chi connectivity index (χ2n) is 6.33. The number of hydrogen-bond acceptors (Lipinski definition) is 4. The van der Waals surface area contributed by atoms with E-state index < -0.39 is 22.8 Å². The minimum atomic E-state index is -1.38. The summed E-state index contributed by atoms with van der Waals surface area (Å²) in [6.07, 6.45) is 4.34. The lowest BCUT2D eigenvalue weighted by Crippen LogP contribution is -2.18. The predicted octanol–water partition coefficient (Wildman–Crippen LogP) is 3.90. The quantitative estimate of drug-likeness (QED) is 0.572. The smallest absolute Gasteiger partial charge is 0.341 e. The number of rotatable bonds is 4. The number of nitrogens with zero attached hydrogens (tertiary/aromatic N) is 2. The third-order valence-electron chi connectivity index (χ3n) is 4.66. The van der Waals surface area contributed by atoms with Gasteiger partial charge in [-0.2, -0.15) is 0 Å². The van der Waals surface area contributed by atoms with Crippen LogP contribution in [-0.4, -0.2) is 27.7 Å². The molecule has 4 rings (SSSR count). The number of methoxy groups -OCH3 is 1. The highest BCUT2D eigenvalue weighted by Crippen LogP contribution is 2.28. The number of benzene rings is 2. The second kappa shape index (κ2) is 7.20. The molecule has 0 fully saturated rings. The number of pyridine rings is 2. The van der Waals surface area contributed by atoms with Gasteiger partial charge in [-0.15, -0.1) is 0 Å². The predicted molar refractivity (Wildman–Crippen MR) is 106 cm³/mol. The van der Waals surface area contributed by atoms with Crippen LogP contribution >= 0.6 is 0 Å². The van der Waals surface area contributed by atoms with Crippen LogP contribution in [0.3, 0.4) is 0 Å². The number of aromatic carboxylic acids is 1. The molecule has 0 aliphatic carbocycles. The van der Waals surface area contributed by atoms with Crippen LogP contribution in [0.25, 0.3) is 27.7 Å². The van der Waals surface area contributed by atoms with Crippen molar-refractivity contribution in [3.05, 3.63) is 88.7 Å². The fraction of sp³-hybridized carbons (Fsp3) is 0.0455. The van der Waals surface area contributed by atoms with E-state index in [0.29, 0.717) is 22.5 Å². The van der Waals surface area contributed by atoms with Crippen LogP contribution in [0.2, 0.25) is 0 Å². The monoisotopic (exact) mass is 390 g/mol. The Labute approximate surface area is 164 Å². The molecule has 2 heterocycles. The fourth-order valence-corrected chi connectivity index (χ4v) is 3.21. The topological polar surface area (TPSA) is 81.4 Å². The Morgan fingerprint density at radius 3 is 2.41 bits per heavy atom. The summed E-state index contributed by atoms with van der Waals surface area (Å²) >= 11 is 0. The number of ether oxygens (including phenoxy) is 1. The van der Waals surface area contributed by atoms with Gasteiger partial charge in [-0.05, 0) is 54.1 Å². The fourth-order valence-electron chi connectivity index (χ4n) is 3.21. The highest BCUT2D eigenvalue weighted by atomic mass is 19.1. The average Bonchev–Trinajstić information content (AvgIpc) is 2.74. The Bertz CT molecular complexity index is 1280. The summed E-state index contributed by atoms with van der Waals surface area (Å²) in [5, 5.41) is 9.43. The Kier molecular flexibility index (Phi) is 4.56. The van der Waals surface area contributed by atoms with E-state index in [1.54, 1.807) is 53.4 Å². The number of carboxylic acids is 1. The third kappa shape index (κ3) is 3.23. The molecule has 144 valence electrons. The Hall–Kier alpha value is -4.00. The van der Waals surface area contributed by atoms with Crippen LogP contribution < -0.4 is 10.2 Å². The van der Waals surface area contributed by atoms with Crippen molar-refractivity contribution < 1.29 is 19.0 Å². The first-order valence-corrected chi connectivity index (χ1v) is 8.66. The molecule has 0 radical (unpaired) electrons. The molecule has 1 N–H and O–H groups in total. The molecule has 0 atom stereocenters. The highest BCUT2D eigenvalue weighted by molar-refractivity contribution is 5.94. The van der Waals surface area contributed by atoms with E-state index in [0.717, 1.165) is 6.07 Å². The van der Waals surface area contributed by atoms with Crippen molar-refractivity contribution in [2.45, 2.75) is 0 Å². The number of carbonyl (C=O) groups is 1. The van der Waals surface area contributed by atoms with Gasteiger partial charge in [0.2, 0.25) is 5.43 Å². The Balaban J connectivity index is 2.07. The highest BCUT2D eigenvalue weighted by Gasteiger charge is 2.18. The summed E-state index contributed by atoms with van der Waals surface area (Å²) in [7, 11) is 1.54. The zero-order valence-corrected chi connectivity index (χ0v) is 15.3. The molecule has 0 aliphatic heterocycles. The van der Waals surface area contributed by atoms with Crippen LogP contribution in [0.4, 0.5) is 4.39 Å². The second-order valence-corrected chi connectivity index (χ2v) is 6.33. The van der Waals surface area contributed by atoms with Crippen LogP contribution in [0, 0.1) is 5.82 Å². The molecule has 4 aromatic rings. The van der Waals surface area contributed by atoms with Gasteiger partial charge in [0, 0.05) is 35.2 Å². The van der Waals surface area contributed by atoms with Gasteiger partial charge in [0.15, 0.2) is 0 Å². The Morgan fingerprint density at radius 1 is 1.10 bits per heavy atom. The van der Waals surface area contributed by atoms with E-state index in [4.69, 9.17) is 4.74 Å². The molecule has 0 unspecified atom stereocenters. The first kappa shape index (κ1) is 18.4. The SMILES string of the molecule is COc1ccc(-n2cc(C(=O)O)c(=O)c3cc(F)c(-c4ccncc4)cc32)cc1. The van der Waals surface area contributed by atoms with E-state index in [1.165, 1.54) is 19.4 Å². The van der Waals surface area contributed by atoms with Gasteiger partial charge in [-0.1, -0.05) is 0 Å². The minimum absolute atomic E-state index is 0.0176. The Morgan fingerprint density at radius 2 is 1.79 bits per heavy atom. The standard InChI is InChI=1S/C22H15FN2O4/c1-29-15-4-2-14(3-5-15)25-12-18(22(27)28)21(26)17-10-19(23)16(11-20(17)25)13-6-8-24-9-7-13/h2-12H,1H3,(H,27,28). The molecule has 0 saturated heterocycles. The molecule has 0 saturated carbocycles. The molecule has 0 aliphatic rings. The van der Waals surface area contributed by atoms with Crippen molar-refractivity contribution in [2.24, 2.45) is 0 Å². The molecule has 2 aromatic carbocycles. The molecule has 29 heavy (non-hydrogen) atoms. The van der Waals surface area contributed by atoms with Crippen LogP contribution in [0.1, 0.15) is 10.4 Å². The lowest BCUT2D eigenvalue weighted by Gasteiger charge is -2.15. The van der Waals surface area contributed by atoms with Crippen molar-refractivity contribution in [3.8, 4) is 22.6 Å². The molecular formula is C22H15FN2O4. The maximum absolute atomic E-state index is 14.8. The molecule has 0 bridgehead atoms. The first-order chi connectivity index (χ1) is 14.0. The molecule has 7 heteroatoms. The van der Waals surface area contributed by atoms with Crippen LogP contribution in [-0.2, 0) is 0 Å². The van der Waals surface area contributed by atoms with Gasteiger partial charge in [0.1, 0.15) is 17.1 Å². The zero-order chi connectivity index (χ0) is 20.5. The van der Waals surface area contributed by atoms with Gasteiger partial charge >= 0.3 is 5.97 Å². The van der Waals surface area contributed by atoms with E-state index in [-0.39, 0.29) is 10.9 Å². The average molecular weight is 390 g/mol. The van der Waals surface area contributed by atoms with Gasteiger partial charge in [-0.25, -0.2) is 9.18 Å². The first-order valence-electron chi connectivity index (χ1n) is 8.66. The van der Waals surface area contributed by atoms with Crippen molar-refractivity contribution in [1.82, 2.24) is 9.55 Å². The van der Waals surface area contributed by atoms with Gasteiger partial charge in [0.25, 0.3) is 0 Å². The van der Waals surface area contributed by atoms with Gasteiger partial charge in [0.05, 0.1) is 12.6 Å². The molecule has 0 amide bonds. The molecular weight excluding hydrogens is 375 g/mol. The number of fused-ring (bicyclic) bond motifs is 1. The maximum atomic E-state index is 14.8. The number of aromatic nitrogens is 2. The third-order valence-corrected chi connectivity index (χ3v) is 4.66. The maximum Gasteiger partial charge on any atom is 0.341 e. The number of halogens is 1. The summed E-state index contributed by atoms with van der Waals surface area (Å²) in [4.78, 5) is 28.2. The zero-order valence-electron chi connectivity index (χ0n) is 15.3. The summed E-state index contributed by atoms with van der Waals surface area (Å²) in [6, 6.07) is 12.8. The van der Waals surface area contributed by atoms with E-state index in [2.05, 4.69) is 4.98 Å². The summed E-state index contributed by atoms with van der Waals surface area (Å²) in [5.74, 6) is -1.37. The number of carboxylic acid groups (broad SMARTS) is 1. The van der Waals surface area contributed by atoms with E-state index >= 15 is 0 Å². The number of hydrogen-bond donors (Lipinski definition) is 1. The van der Waals surface area contributed by atoms with Gasteiger partial charge < -0.3 is 14.4 Å². The molecule has 2 aromatic heterocycles. The van der Waals surface area contributed by atoms with Crippen molar-refractivity contribution in [2.75, 3.05) is 7.11 Å². The lowest BCUT2D eigenvalue weighted by atomic mass is 10.0.